The van der Waals surface area contributed by atoms with Gasteiger partial charge in [-0.15, -0.1) is 0 Å². The number of carbonyl (C=O) groups is 1. The van der Waals surface area contributed by atoms with Crippen LogP contribution in [0.25, 0.3) is 0 Å². The average Bonchev–Trinajstić information content (AvgIpc) is 3.02. The molecule has 2 aromatic carbocycles. The third-order valence-electron chi connectivity index (χ3n) is 5.46. The van der Waals surface area contributed by atoms with Crippen molar-refractivity contribution < 1.29 is 14.3 Å². The van der Waals surface area contributed by atoms with Gasteiger partial charge in [-0.3, -0.25) is 9.69 Å². The van der Waals surface area contributed by atoms with Gasteiger partial charge >= 0.3 is 0 Å². The van der Waals surface area contributed by atoms with Crippen molar-refractivity contribution in [3.63, 3.8) is 0 Å². The normalized spacial score (nSPS) is 22.2. The number of hydrogen-bond donors (Lipinski definition) is 1. The minimum Gasteiger partial charge on any atom is -0.497 e. The van der Waals surface area contributed by atoms with Crippen molar-refractivity contribution in [3.05, 3.63) is 59.2 Å². The van der Waals surface area contributed by atoms with E-state index in [1.165, 1.54) is 11.1 Å². The fourth-order valence-electron chi connectivity index (χ4n) is 4.21. The lowest BCUT2D eigenvalue weighted by Gasteiger charge is -2.18. The van der Waals surface area contributed by atoms with E-state index in [0.29, 0.717) is 11.8 Å². The molecule has 5 nitrogen and oxygen atoms in total. The quantitative estimate of drug-likeness (QED) is 0.919. The zero-order chi connectivity index (χ0) is 18.1. The number of fused-ring (bicyclic) bond motifs is 3. The van der Waals surface area contributed by atoms with E-state index >= 15 is 0 Å². The number of carbonyl (C=O) groups excluding carboxylic acids is 1. The molecular formula is C21H24N2O3. The van der Waals surface area contributed by atoms with Crippen LogP contribution in [-0.2, 0) is 6.54 Å². The van der Waals surface area contributed by atoms with Gasteiger partial charge in [-0.2, -0.15) is 0 Å². The lowest BCUT2D eigenvalue weighted by molar-refractivity contribution is 0.0951. The molecule has 5 heteroatoms. The molecule has 26 heavy (non-hydrogen) atoms. The molecule has 0 aliphatic carbocycles. The third kappa shape index (κ3) is 3.15. The molecule has 0 radical (unpaired) electrons. The number of rotatable bonds is 4. The summed E-state index contributed by atoms with van der Waals surface area (Å²) in [6.07, 6.45) is 0. The predicted octanol–water partition coefficient (Wildman–Crippen LogP) is 2.66. The van der Waals surface area contributed by atoms with Crippen LogP contribution in [0, 0.1) is 5.92 Å². The first-order valence-electron chi connectivity index (χ1n) is 8.99. The van der Waals surface area contributed by atoms with Gasteiger partial charge in [-0.25, -0.2) is 0 Å². The Bertz CT molecular complexity index is 798. The smallest absolute Gasteiger partial charge is 0.251 e. The largest absolute Gasteiger partial charge is 0.497 e. The lowest BCUT2D eigenvalue weighted by atomic mass is 9.87. The number of benzene rings is 2. The first kappa shape index (κ1) is 16.9. The van der Waals surface area contributed by atoms with E-state index in [2.05, 4.69) is 28.4 Å². The van der Waals surface area contributed by atoms with Crippen LogP contribution in [0.1, 0.15) is 27.4 Å². The Morgan fingerprint density at radius 2 is 1.81 bits per heavy atom. The van der Waals surface area contributed by atoms with Crippen molar-refractivity contribution in [1.82, 2.24) is 10.2 Å². The Balaban J connectivity index is 1.56. The van der Waals surface area contributed by atoms with Gasteiger partial charge in [-0.05, 0) is 35.2 Å². The molecule has 2 aliphatic rings. The van der Waals surface area contributed by atoms with Crippen LogP contribution in [0.3, 0.4) is 0 Å². The second-order valence-corrected chi connectivity index (χ2v) is 7.08. The summed E-state index contributed by atoms with van der Waals surface area (Å²) in [6, 6.07) is 14.0. The fraction of sp³-hybridized carbons (Fsp3) is 0.381. The van der Waals surface area contributed by atoms with E-state index in [1.54, 1.807) is 14.2 Å². The topological polar surface area (TPSA) is 50.8 Å². The zero-order valence-electron chi connectivity index (χ0n) is 15.2. The van der Waals surface area contributed by atoms with Crippen LogP contribution in [0.15, 0.2) is 42.5 Å². The van der Waals surface area contributed by atoms with Crippen molar-refractivity contribution in [2.24, 2.45) is 5.92 Å². The Labute approximate surface area is 153 Å². The molecule has 1 fully saturated rings. The van der Waals surface area contributed by atoms with Gasteiger partial charge in [0, 0.05) is 43.7 Å². The number of likely N-dealkylation sites (tertiary alicyclic amines) is 1. The van der Waals surface area contributed by atoms with E-state index in [0.717, 1.165) is 43.2 Å². The number of nitrogens with one attached hydrogen (secondary N) is 1. The summed E-state index contributed by atoms with van der Waals surface area (Å²) >= 11 is 0. The van der Waals surface area contributed by atoms with Crippen molar-refractivity contribution in [2.45, 2.75) is 12.5 Å². The summed E-state index contributed by atoms with van der Waals surface area (Å²) < 4.78 is 10.8. The van der Waals surface area contributed by atoms with Gasteiger partial charge < -0.3 is 14.8 Å². The SMILES string of the molecule is COc1cc(CN2C[C@@H]3CNC(=O)c4ccccc4[C@H]3C2)cc(OC)c1. The molecule has 1 N–H and O–H groups in total. The number of nitrogens with zero attached hydrogens (tertiary/aromatic N) is 1. The number of amides is 1. The van der Waals surface area contributed by atoms with Gasteiger partial charge in [0.2, 0.25) is 0 Å². The number of methoxy groups -OCH3 is 2. The highest BCUT2D eigenvalue weighted by molar-refractivity contribution is 5.96. The molecule has 1 amide bonds. The van der Waals surface area contributed by atoms with E-state index in [9.17, 15) is 4.79 Å². The van der Waals surface area contributed by atoms with Gasteiger partial charge in [0.15, 0.2) is 0 Å². The molecule has 2 aliphatic heterocycles. The van der Waals surface area contributed by atoms with Crippen molar-refractivity contribution in [2.75, 3.05) is 33.9 Å². The van der Waals surface area contributed by atoms with Crippen LogP contribution in [-0.4, -0.2) is 44.7 Å². The van der Waals surface area contributed by atoms with Crippen molar-refractivity contribution >= 4 is 5.91 Å². The van der Waals surface area contributed by atoms with Crippen molar-refractivity contribution in [3.8, 4) is 11.5 Å². The Morgan fingerprint density at radius 3 is 2.54 bits per heavy atom. The predicted molar refractivity (Wildman–Crippen MR) is 99.8 cm³/mol. The minimum atomic E-state index is 0.0547. The van der Waals surface area contributed by atoms with E-state index in [4.69, 9.17) is 9.47 Å². The molecule has 2 aromatic rings. The standard InChI is InChI=1S/C21H24N2O3/c1-25-16-7-14(8-17(9-16)26-2)11-23-12-15-10-22-21(24)19-6-4-3-5-18(19)20(15)13-23/h3-9,15,20H,10-13H2,1-2H3,(H,22,24)/t15-,20-/m0/s1. The molecule has 2 atom stereocenters. The molecule has 0 spiro atoms. The monoisotopic (exact) mass is 352 g/mol. The van der Waals surface area contributed by atoms with Crippen LogP contribution in [0.2, 0.25) is 0 Å². The molecule has 0 bridgehead atoms. The summed E-state index contributed by atoms with van der Waals surface area (Å²) in [6.45, 7) is 3.50. The highest BCUT2D eigenvalue weighted by Crippen LogP contribution is 2.37. The molecular weight excluding hydrogens is 328 g/mol. The zero-order valence-corrected chi connectivity index (χ0v) is 15.2. The van der Waals surface area contributed by atoms with Gasteiger partial charge in [0.1, 0.15) is 11.5 Å². The molecule has 0 unspecified atom stereocenters. The molecule has 2 heterocycles. The lowest BCUT2D eigenvalue weighted by Crippen LogP contribution is -2.29. The van der Waals surface area contributed by atoms with E-state index < -0.39 is 0 Å². The fourth-order valence-corrected chi connectivity index (χ4v) is 4.21. The van der Waals surface area contributed by atoms with Crippen LogP contribution in [0.4, 0.5) is 0 Å². The first-order chi connectivity index (χ1) is 12.7. The summed E-state index contributed by atoms with van der Waals surface area (Å²) in [5.41, 5.74) is 3.18. The second kappa shape index (κ2) is 7.00. The molecule has 4 rings (SSSR count). The van der Waals surface area contributed by atoms with E-state index in [-0.39, 0.29) is 5.91 Å². The highest BCUT2D eigenvalue weighted by atomic mass is 16.5. The molecule has 0 saturated carbocycles. The summed E-state index contributed by atoms with van der Waals surface area (Å²) in [4.78, 5) is 14.8. The van der Waals surface area contributed by atoms with Gasteiger partial charge in [0.25, 0.3) is 5.91 Å². The van der Waals surface area contributed by atoms with Crippen LogP contribution >= 0.6 is 0 Å². The van der Waals surface area contributed by atoms with Gasteiger partial charge in [0.05, 0.1) is 14.2 Å². The highest BCUT2D eigenvalue weighted by Gasteiger charge is 2.37. The maximum atomic E-state index is 12.3. The molecule has 1 saturated heterocycles. The van der Waals surface area contributed by atoms with Crippen LogP contribution in [0.5, 0.6) is 11.5 Å². The first-order valence-corrected chi connectivity index (χ1v) is 8.99. The maximum absolute atomic E-state index is 12.3. The summed E-state index contributed by atoms with van der Waals surface area (Å²) in [7, 11) is 3.35. The Hall–Kier alpha value is -2.53. The molecule has 136 valence electrons. The average molecular weight is 352 g/mol. The van der Waals surface area contributed by atoms with Gasteiger partial charge in [-0.1, -0.05) is 18.2 Å². The maximum Gasteiger partial charge on any atom is 0.251 e. The second-order valence-electron chi connectivity index (χ2n) is 7.08. The summed E-state index contributed by atoms with van der Waals surface area (Å²) in [5.74, 6) is 2.50. The number of ether oxygens (including phenoxy) is 2. The van der Waals surface area contributed by atoms with Crippen molar-refractivity contribution in [1.29, 1.82) is 0 Å². The minimum absolute atomic E-state index is 0.0547. The van der Waals surface area contributed by atoms with Crippen LogP contribution < -0.4 is 14.8 Å². The Morgan fingerprint density at radius 1 is 1.08 bits per heavy atom. The van der Waals surface area contributed by atoms with E-state index in [1.807, 2.05) is 24.3 Å². The number of hydrogen-bond acceptors (Lipinski definition) is 4. The molecule has 0 aromatic heterocycles. The summed E-state index contributed by atoms with van der Waals surface area (Å²) in [5, 5.41) is 3.09. The third-order valence-corrected chi connectivity index (χ3v) is 5.46. The Kier molecular flexibility index (Phi) is 4.55.